The van der Waals surface area contributed by atoms with E-state index in [4.69, 9.17) is 23.7 Å². The quantitative estimate of drug-likeness (QED) is 0.218. The lowest BCUT2D eigenvalue weighted by atomic mass is 9.88. The highest BCUT2D eigenvalue weighted by Crippen LogP contribution is 2.40. The molecule has 2 aromatic rings. The Morgan fingerprint density at radius 1 is 0.674 bits per heavy atom. The highest BCUT2D eigenvalue weighted by Gasteiger charge is 2.53. The molecule has 0 amide bonds. The van der Waals surface area contributed by atoms with Gasteiger partial charge in [-0.15, -0.1) is 0 Å². The summed E-state index contributed by atoms with van der Waals surface area (Å²) in [6.07, 6.45) is -10.6. The van der Waals surface area contributed by atoms with Crippen LogP contribution in [0.5, 0.6) is 0 Å². The van der Waals surface area contributed by atoms with Crippen molar-refractivity contribution in [3.8, 4) is 0 Å². The van der Waals surface area contributed by atoms with Crippen LogP contribution in [0.1, 0.15) is 85.1 Å². The van der Waals surface area contributed by atoms with E-state index in [-0.39, 0.29) is 12.2 Å². The molecule has 0 spiro atoms. The lowest BCUT2D eigenvalue weighted by Crippen LogP contribution is -2.60. The minimum Gasteiger partial charge on any atom is -0.462 e. The monoisotopic (exact) mass is 650 g/mol. The second-order valence-electron chi connectivity index (χ2n) is 14.6. The maximum atomic E-state index is 13.5. The summed E-state index contributed by atoms with van der Waals surface area (Å²) in [6.45, 7) is 14.5. The Bertz CT molecular complexity index is 1340. The zero-order valence-electron chi connectivity index (χ0n) is 27.9. The standard InChI is InChI=1S/C35H45F3O8/c1-32(2,3)29(39)43-20-24-26(45-30(40)33(4,5)6)28(46-31(41)34(7,8)9)27(42-19-21-13-11-10-12-14-21)25(44-24)22-15-17-23(18-16-22)35(36,37)38/h10-18,24-28H,19-20H2,1-9H3/t24-,25+,26-,27+,28+/m1/s1. The van der Waals surface area contributed by atoms with Gasteiger partial charge in [0, 0.05) is 0 Å². The number of halogens is 3. The van der Waals surface area contributed by atoms with Crippen molar-refractivity contribution in [2.75, 3.05) is 6.61 Å². The predicted molar refractivity (Wildman–Crippen MR) is 163 cm³/mol. The van der Waals surface area contributed by atoms with Gasteiger partial charge >= 0.3 is 24.1 Å². The number of ether oxygens (including phenoxy) is 5. The van der Waals surface area contributed by atoms with E-state index in [9.17, 15) is 27.6 Å². The SMILES string of the molecule is CC(C)(C)C(=O)OC[C@H]1O[C@@H](c2ccc(C(F)(F)F)cc2)[C@H](OCc2ccccc2)[C@@H](OC(=O)C(C)(C)C)[C@@H]1OC(=O)C(C)(C)C. The number of alkyl halides is 3. The lowest BCUT2D eigenvalue weighted by molar-refractivity contribution is -0.265. The van der Waals surface area contributed by atoms with Gasteiger partial charge in [0.25, 0.3) is 0 Å². The van der Waals surface area contributed by atoms with Crippen LogP contribution < -0.4 is 0 Å². The van der Waals surface area contributed by atoms with Crippen LogP contribution in [0.4, 0.5) is 13.2 Å². The van der Waals surface area contributed by atoms with Gasteiger partial charge in [0.05, 0.1) is 28.4 Å². The van der Waals surface area contributed by atoms with Gasteiger partial charge in [0.15, 0.2) is 12.2 Å². The Balaban J connectivity index is 2.17. The molecule has 0 radical (unpaired) electrons. The first-order valence-corrected chi connectivity index (χ1v) is 15.2. The van der Waals surface area contributed by atoms with Gasteiger partial charge in [-0.25, -0.2) is 0 Å². The fourth-order valence-electron chi connectivity index (χ4n) is 4.38. The Morgan fingerprint density at radius 2 is 1.17 bits per heavy atom. The third-order valence-corrected chi connectivity index (χ3v) is 7.19. The van der Waals surface area contributed by atoms with Crippen LogP contribution in [0.2, 0.25) is 0 Å². The molecular formula is C35H45F3O8. The van der Waals surface area contributed by atoms with Crippen molar-refractivity contribution in [1.29, 1.82) is 0 Å². The minimum atomic E-state index is -4.57. The molecule has 1 aliphatic heterocycles. The van der Waals surface area contributed by atoms with Crippen molar-refractivity contribution in [3.63, 3.8) is 0 Å². The van der Waals surface area contributed by atoms with Crippen LogP contribution in [0.15, 0.2) is 54.6 Å². The summed E-state index contributed by atoms with van der Waals surface area (Å²) in [4.78, 5) is 39.5. The molecule has 254 valence electrons. The van der Waals surface area contributed by atoms with Crippen LogP contribution >= 0.6 is 0 Å². The molecule has 46 heavy (non-hydrogen) atoms. The molecule has 11 heteroatoms. The fraction of sp³-hybridized carbons (Fsp3) is 0.571. The molecule has 0 unspecified atom stereocenters. The molecule has 0 aromatic heterocycles. The van der Waals surface area contributed by atoms with Gasteiger partial charge in [-0.2, -0.15) is 13.2 Å². The smallest absolute Gasteiger partial charge is 0.416 e. The van der Waals surface area contributed by atoms with E-state index in [0.717, 1.165) is 17.7 Å². The van der Waals surface area contributed by atoms with E-state index in [2.05, 4.69) is 0 Å². The molecule has 1 saturated heterocycles. The van der Waals surface area contributed by atoms with Crippen LogP contribution in [-0.4, -0.2) is 48.9 Å². The number of benzene rings is 2. The van der Waals surface area contributed by atoms with Crippen LogP contribution in [0.25, 0.3) is 0 Å². The van der Waals surface area contributed by atoms with E-state index in [1.54, 1.807) is 62.3 Å². The summed E-state index contributed by atoms with van der Waals surface area (Å²) in [7, 11) is 0. The van der Waals surface area contributed by atoms with Gasteiger partial charge in [-0.05, 0) is 85.6 Å². The molecule has 0 saturated carbocycles. The Hall–Kier alpha value is -3.44. The largest absolute Gasteiger partial charge is 0.462 e. The molecule has 1 fully saturated rings. The normalized spacial score (nSPS) is 22.6. The number of carbonyl (C=O) groups is 3. The van der Waals surface area contributed by atoms with Gasteiger partial charge in [0.1, 0.15) is 24.9 Å². The van der Waals surface area contributed by atoms with Crippen molar-refractivity contribution in [2.45, 2.75) is 106 Å². The molecule has 3 rings (SSSR count). The zero-order chi connectivity index (χ0) is 34.7. The molecule has 1 aliphatic rings. The summed E-state index contributed by atoms with van der Waals surface area (Å²) in [6, 6.07) is 13.5. The van der Waals surface area contributed by atoms with E-state index in [0.29, 0.717) is 0 Å². The van der Waals surface area contributed by atoms with Crippen molar-refractivity contribution >= 4 is 17.9 Å². The molecular weight excluding hydrogens is 605 g/mol. The first-order chi connectivity index (χ1) is 21.1. The maximum absolute atomic E-state index is 13.5. The van der Waals surface area contributed by atoms with Gasteiger partial charge < -0.3 is 23.7 Å². The number of hydrogen-bond acceptors (Lipinski definition) is 8. The van der Waals surface area contributed by atoms with E-state index >= 15 is 0 Å². The van der Waals surface area contributed by atoms with Gasteiger partial charge in [-0.3, -0.25) is 14.4 Å². The summed E-state index contributed by atoms with van der Waals surface area (Å²) in [5.41, 5.74) is -2.65. The van der Waals surface area contributed by atoms with E-state index in [1.165, 1.54) is 12.1 Å². The fourth-order valence-corrected chi connectivity index (χ4v) is 4.38. The van der Waals surface area contributed by atoms with Crippen molar-refractivity contribution in [3.05, 3.63) is 71.3 Å². The second-order valence-corrected chi connectivity index (χ2v) is 14.6. The first-order valence-electron chi connectivity index (χ1n) is 15.2. The average molecular weight is 651 g/mol. The average Bonchev–Trinajstić information content (AvgIpc) is 2.94. The van der Waals surface area contributed by atoms with Crippen LogP contribution in [0.3, 0.4) is 0 Å². The zero-order valence-corrected chi connectivity index (χ0v) is 27.9. The third-order valence-electron chi connectivity index (χ3n) is 7.19. The van der Waals surface area contributed by atoms with E-state index in [1.807, 2.05) is 30.3 Å². The Labute approximate surface area is 268 Å². The topological polar surface area (TPSA) is 97.4 Å². The summed E-state index contributed by atoms with van der Waals surface area (Å²) in [5, 5.41) is 0. The predicted octanol–water partition coefficient (Wildman–Crippen LogP) is 7.24. The highest BCUT2D eigenvalue weighted by atomic mass is 19.4. The van der Waals surface area contributed by atoms with Gasteiger partial charge in [-0.1, -0.05) is 42.5 Å². The molecule has 1 heterocycles. The minimum absolute atomic E-state index is 0.0131. The van der Waals surface area contributed by atoms with Crippen molar-refractivity contribution < 1.29 is 51.2 Å². The summed E-state index contributed by atoms with van der Waals surface area (Å²) in [5.74, 6) is -1.84. The van der Waals surface area contributed by atoms with Crippen molar-refractivity contribution in [1.82, 2.24) is 0 Å². The Morgan fingerprint density at radius 3 is 1.65 bits per heavy atom. The van der Waals surface area contributed by atoms with Crippen LogP contribution in [-0.2, 0) is 50.9 Å². The third kappa shape index (κ3) is 9.78. The van der Waals surface area contributed by atoms with Gasteiger partial charge in [0.2, 0.25) is 0 Å². The van der Waals surface area contributed by atoms with E-state index < -0.39 is 83.0 Å². The molecule has 0 aliphatic carbocycles. The number of carbonyl (C=O) groups excluding carboxylic acids is 3. The molecule has 8 nitrogen and oxygen atoms in total. The molecule has 0 N–H and O–H groups in total. The highest BCUT2D eigenvalue weighted by molar-refractivity contribution is 5.77. The second kappa shape index (κ2) is 14.1. The van der Waals surface area contributed by atoms with Crippen molar-refractivity contribution in [2.24, 2.45) is 16.2 Å². The Kier molecular flexibility index (Phi) is 11.4. The molecule has 2 aromatic carbocycles. The summed E-state index contributed by atoms with van der Waals surface area (Å²) < 4.78 is 70.8. The first kappa shape index (κ1) is 37.0. The number of rotatable bonds is 8. The number of esters is 3. The number of hydrogen-bond donors (Lipinski definition) is 0. The molecule has 5 atom stereocenters. The lowest BCUT2D eigenvalue weighted by Gasteiger charge is -2.46. The van der Waals surface area contributed by atoms with Crippen LogP contribution in [0, 0.1) is 16.2 Å². The summed E-state index contributed by atoms with van der Waals surface area (Å²) >= 11 is 0. The molecule has 0 bridgehead atoms. The maximum Gasteiger partial charge on any atom is 0.416 e.